The van der Waals surface area contributed by atoms with Crippen LogP contribution >= 0.6 is 0 Å². The first-order chi connectivity index (χ1) is 13.2. The molecule has 0 amide bonds. The van der Waals surface area contributed by atoms with E-state index >= 15 is 0 Å². The Labute approximate surface area is 162 Å². The Hall–Kier alpha value is -2.06. The van der Waals surface area contributed by atoms with Gasteiger partial charge in [-0.25, -0.2) is 0 Å². The number of hydrogen-bond acceptors (Lipinski definition) is 5. The van der Waals surface area contributed by atoms with E-state index in [2.05, 4.69) is 5.16 Å². The lowest BCUT2D eigenvalue weighted by Crippen LogP contribution is -2.45. The Balaban J connectivity index is 1.54. The van der Waals surface area contributed by atoms with Crippen LogP contribution in [0.2, 0.25) is 0 Å². The fourth-order valence-corrected chi connectivity index (χ4v) is 3.43. The van der Waals surface area contributed by atoms with E-state index in [0.717, 1.165) is 22.6 Å². The van der Waals surface area contributed by atoms with E-state index in [-0.39, 0.29) is 19.4 Å². The summed E-state index contributed by atoms with van der Waals surface area (Å²) in [5.74, 6) is 1.43. The lowest BCUT2D eigenvalue weighted by atomic mass is 9.94. The maximum atomic E-state index is 13.0. The second kappa shape index (κ2) is 8.13. The minimum atomic E-state index is -4.58. The molecule has 1 aliphatic rings. The number of aliphatic hydroxyl groups is 1. The van der Waals surface area contributed by atoms with Crippen molar-refractivity contribution in [1.82, 2.24) is 10.1 Å². The predicted octanol–water partition coefficient (Wildman–Crippen LogP) is 4.15. The van der Waals surface area contributed by atoms with E-state index in [4.69, 9.17) is 9.26 Å². The van der Waals surface area contributed by atoms with Gasteiger partial charge in [-0.05, 0) is 57.4 Å². The Kier molecular flexibility index (Phi) is 6.00. The van der Waals surface area contributed by atoms with Crippen LogP contribution in [0.5, 0.6) is 5.75 Å². The highest BCUT2D eigenvalue weighted by Crippen LogP contribution is 2.38. The number of rotatable bonds is 5. The molecule has 28 heavy (non-hydrogen) atoms. The van der Waals surface area contributed by atoms with Crippen molar-refractivity contribution in [2.45, 2.75) is 58.0 Å². The molecule has 1 aromatic carbocycles. The predicted molar refractivity (Wildman–Crippen MR) is 96.9 cm³/mol. The zero-order valence-corrected chi connectivity index (χ0v) is 16.1. The van der Waals surface area contributed by atoms with Gasteiger partial charge in [0.15, 0.2) is 5.60 Å². The molecule has 1 atom stereocenters. The van der Waals surface area contributed by atoms with E-state index in [0.29, 0.717) is 31.9 Å². The van der Waals surface area contributed by atoms with Crippen molar-refractivity contribution in [2.24, 2.45) is 0 Å². The SMILES string of the molecule is Cc1noc(C)c1COc1ccc(CN2CCCC(O)(C(F)(F)F)CC2)cc1. The van der Waals surface area contributed by atoms with Gasteiger partial charge in [-0.3, -0.25) is 4.90 Å². The molecular formula is C20H25F3N2O3. The third-order valence-electron chi connectivity index (χ3n) is 5.33. The normalized spacial score (nSPS) is 21.5. The van der Waals surface area contributed by atoms with E-state index in [1.165, 1.54) is 0 Å². The van der Waals surface area contributed by atoms with E-state index in [1.807, 2.05) is 43.0 Å². The highest BCUT2D eigenvalue weighted by atomic mass is 19.4. The standard InChI is InChI=1S/C20H25F3N2O3/c1-14-18(15(2)28-24-14)13-27-17-6-4-16(5-7-17)12-25-10-3-8-19(26,9-11-25)20(21,22)23/h4-7,26H,3,8-13H2,1-2H3. The molecule has 154 valence electrons. The molecule has 0 bridgehead atoms. The molecule has 2 heterocycles. The van der Waals surface area contributed by atoms with Gasteiger partial charge in [0, 0.05) is 13.1 Å². The van der Waals surface area contributed by atoms with Gasteiger partial charge in [-0.15, -0.1) is 0 Å². The summed E-state index contributed by atoms with van der Waals surface area (Å²) in [6.45, 7) is 5.34. The molecule has 0 saturated carbocycles. The van der Waals surface area contributed by atoms with Crippen molar-refractivity contribution < 1.29 is 27.5 Å². The van der Waals surface area contributed by atoms with Gasteiger partial charge >= 0.3 is 6.18 Å². The molecule has 0 spiro atoms. The highest BCUT2D eigenvalue weighted by molar-refractivity contribution is 5.28. The molecule has 0 aliphatic carbocycles. The maximum Gasteiger partial charge on any atom is 0.417 e. The Morgan fingerprint density at radius 2 is 1.89 bits per heavy atom. The summed E-state index contributed by atoms with van der Waals surface area (Å²) in [7, 11) is 0. The van der Waals surface area contributed by atoms with Crippen LogP contribution < -0.4 is 4.74 Å². The maximum absolute atomic E-state index is 13.0. The Morgan fingerprint density at radius 3 is 2.50 bits per heavy atom. The van der Waals surface area contributed by atoms with Crippen LogP contribution in [0.1, 0.15) is 41.8 Å². The van der Waals surface area contributed by atoms with Crippen molar-refractivity contribution in [3.63, 3.8) is 0 Å². The molecule has 1 N–H and O–H groups in total. The molecular weight excluding hydrogens is 373 g/mol. The molecule has 1 saturated heterocycles. The number of likely N-dealkylation sites (tertiary alicyclic amines) is 1. The molecule has 1 aliphatic heterocycles. The van der Waals surface area contributed by atoms with Crippen LogP contribution in [0, 0.1) is 13.8 Å². The Bertz CT molecular complexity index is 769. The van der Waals surface area contributed by atoms with Crippen LogP contribution in [-0.2, 0) is 13.2 Å². The molecule has 1 unspecified atom stereocenters. The van der Waals surface area contributed by atoms with Gasteiger partial charge in [0.05, 0.1) is 11.3 Å². The van der Waals surface area contributed by atoms with Gasteiger partial charge < -0.3 is 14.4 Å². The number of alkyl halides is 3. The molecule has 8 heteroatoms. The van der Waals surface area contributed by atoms with E-state index < -0.39 is 11.8 Å². The number of hydrogen-bond donors (Lipinski definition) is 1. The van der Waals surface area contributed by atoms with Crippen LogP contribution in [0.3, 0.4) is 0 Å². The van der Waals surface area contributed by atoms with Crippen LogP contribution in [0.4, 0.5) is 13.2 Å². The number of aryl methyl sites for hydroxylation is 2. The van der Waals surface area contributed by atoms with Crippen molar-refractivity contribution in [3.05, 3.63) is 46.8 Å². The number of nitrogens with zero attached hydrogens (tertiary/aromatic N) is 2. The lowest BCUT2D eigenvalue weighted by molar-refractivity contribution is -0.263. The quantitative estimate of drug-likeness (QED) is 0.820. The first-order valence-electron chi connectivity index (χ1n) is 9.33. The Morgan fingerprint density at radius 1 is 1.18 bits per heavy atom. The third kappa shape index (κ3) is 4.67. The zero-order chi connectivity index (χ0) is 20.4. The molecule has 3 rings (SSSR count). The topological polar surface area (TPSA) is 58.7 Å². The second-order valence-electron chi connectivity index (χ2n) is 7.39. The summed E-state index contributed by atoms with van der Waals surface area (Å²) in [5.41, 5.74) is 0.138. The van der Waals surface area contributed by atoms with Crippen LogP contribution in [-0.4, -0.2) is 40.0 Å². The average Bonchev–Trinajstić information content (AvgIpc) is 2.83. The number of aromatic nitrogens is 1. The first-order valence-corrected chi connectivity index (χ1v) is 9.33. The van der Waals surface area contributed by atoms with Gasteiger partial charge in [0.1, 0.15) is 18.1 Å². The minimum Gasteiger partial charge on any atom is -0.489 e. The molecule has 1 fully saturated rings. The molecule has 1 aromatic heterocycles. The fourth-order valence-electron chi connectivity index (χ4n) is 3.43. The minimum absolute atomic E-state index is 0.209. The monoisotopic (exact) mass is 398 g/mol. The van der Waals surface area contributed by atoms with Crippen molar-refractivity contribution in [2.75, 3.05) is 13.1 Å². The summed E-state index contributed by atoms with van der Waals surface area (Å²) < 4.78 is 50.0. The van der Waals surface area contributed by atoms with Crippen LogP contribution in [0.15, 0.2) is 28.8 Å². The third-order valence-corrected chi connectivity index (χ3v) is 5.33. The molecule has 2 aromatic rings. The van der Waals surface area contributed by atoms with Crippen molar-refractivity contribution in [3.8, 4) is 5.75 Å². The van der Waals surface area contributed by atoms with E-state index in [9.17, 15) is 18.3 Å². The summed E-state index contributed by atoms with van der Waals surface area (Å²) in [4.78, 5) is 1.95. The van der Waals surface area contributed by atoms with Gasteiger partial charge in [-0.2, -0.15) is 13.2 Å². The number of benzene rings is 1. The summed E-state index contributed by atoms with van der Waals surface area (Å²) in [5, 5.41) is 13.8. The van der Waals surface area contributed by atoms with Crippen LogP contribution in [0.25, 0.3) is 0 Å². The van der Waals surface area contributed by atoms with Gasteiger partial charge in [0.25, 0.3) is 0 Å². The average molecular weight is 398 g/mol. The molecule has 5 nitrogen and oxygen atoms in total. The summed E-state index contributed by atoms with van der Waals surface area (Å²) in [6, 6.07) is 7.50. The zero-order valence-electron chi connectivity index (χ0n) is 16.1. The number of halogens is 3. The summed E-state index contributed by atoms with van der Waals surface area (Å²) >= 11 is 0. The number of ether oxygens (including phenoxy) is 1. The van der Waals surface area contributed by atoms with Crippen molar-refractivity contribution >= 4 is 0 Å². The van der Waals surface area contributed by atoms with Gasteiger partial charge in [-0.1, -0.05) is 17.3 Å². The largest absolute Gasteiger partial charge is 0.489 e. The first kappa shape index (κ1) is 20.7. The molecule has 0 radical (unpaired) electrons. The van der Waals surface area contributed by atoms with Crippen molar-refractivity contribution in [1.29, 1.82) is 0 Å². The lowest BCUT2D eigenvalue weighted by Gasteiger charge is -2.29. The highest BCUT2D eigenvalue weighted by Gasteiger charge is 2.53. The van der Waals surface area contributed by atoms with E-state index in [1.54, 1.807) is 0 Å². The summed E-state index contributed by atoms with van der Waals surface area (Å²) in [6.07, 6.45) is -4.81. The smallest absolute Gasteiger partial charge is 0.417 e. The van der Waals surface area contributed by atoms with Gasteiger partial charge in [0.2, 0.25) is 0 Å². The second-order valence-corrected chi connectivity index (χ2v) is 7.39. The fraction of sp³-hybridized carbons (Fsp3) is 0.550.